The third kappa shape index (κ3) is 13.9. The maximum Gasteiger partial charge on any atom is 0.413 e. The fourth-order valence-corrected chi connectivity index (χ4v) is 4.28. The lowest BCUT2D eigenvalue weighted by atomic mass is 9.72. The van der Waals surface area contributed by atoms with Crippen LogP contribution in [-0.4, -0.2) is 58.5 Å². The van der Waals surface area contributed by atoms with Gasteiger partial charge in [0.25, 0.3) is 0 Å². The molecule has 0 aliphatic rings. The molecular weight excluding hydrogens is 504 g/mol. The van der Waals surface area contributed by atoms with Crippen molar-refractivity contribution in [2.45, 2.75) is 117 Å². The normalized spacial score (nSPS) is 12.4. The van der Waals surface area contributed by atoms with Crippen LogP contribution in [0.2, 0.25) is 0 Å². The lowest BCUT2D eigenvalue weighted by Crippen LogP contribution is -2.52. The Kier molecular flexibility index (Phi) is 17.5. The van der Waals surface area contributed by atoms with Crippen molar-refractivity contribution in [2.24, 2.45) is 5.41 Å². The molecule has 0 aromatic rings. The molecule has 0 bridgehead atoms. The van der Waals surface area contributed by atoms with E-state index in [1.165, 1.54) is 20.8 Å². The van der Waals surface area contributed by atoms with E-state index in [-0.39, 0.29) is 41.8 Å². The Morgan fingerprint density at radius 1 is 0.692 bits per heavy atom. The SMILES string of the molecule is C=C(C)C(=O)OC(CCCC(CC)(CCCCCO)CCCCCO)C(O)(OC(=O)C(=C)C)OC(=O)C(=C)C. The summed E-state index contributed by atoms with van der Waals surface area (Å²) in [6, 6.07) is 0. The molecule has 0 radical (unpaired) electrons. The van der Waals surface area contributed by atoms with Crippen LogP contribution in [0.4, 0.5) is 0 Å². The Morgan fingerprint density at radius 3 is 1.46 bits per heavy atom. The number of unbranched alkanes of at least 4 members (excludes halogenated alkanes) is 4. The van der Waals surface area contributed by atoms with Gasteiger partial charge in [0.1, 0.15) is 0 Å². The van der Waals surface area contributed by atoms with Gasteiger partial charge in [0.15, 0.2) is 0 Å². The summed E-state index contributed by atoms with van der Waals surface area (Å²) in [6.07, 6.45) is 7.57. The lowest BCUT2D eigenvalue weighted by Gasteiger charge is -2.36. The summed E-state index contributed by atoms with van der Waals surface area (Å²) in [7, 11) is 0. The van der Waals surface area contributed by atoms with Gasteiger partial charge in [0, 0.05) is 29.9 Å². The Bertz CT molecular complexity index is 790. The fraction of sp³-hybridized carbons (Fsp3) is 0.700. The van der Waals surface area contributed by atoms with Gasteiger partial charge in [0.05, 0.1) is 0 Å². The van der Waals surface area contributed by atoms with Crippen molar-refractivity contribution in [1.82, 2.24) is 0 Å². The topological polar surface area (TPSA) is 140 Å². The number of hydrogen-bond donors (Lipinski definition) is 3. The molecule has 0 saturated heterocycles. The van der Waals surface area contributed by atoms with Crippen LogP contribution in [0, 0.1) is 5.41 Å². The molecule has 0 aromatic carbocycles. The average molecular weight is 555 g/mol. The monoisotopic (exact) mass is 554 g/mol. The number of hydrogen-bond acceptors (Lipinski definition) is 9. The zero-order chi connectivity index (χ0) is 30.1. The third-order valence-electron chi connectivity index (χ3n) is 6.83. The predicted octanol–water partition coefficient (Wildman–Crippen LogP) is 5.03. The minimum atomic E-state index is -2.91. The van der Waals surface area contributed by atoms with E-state index in [2.05, 4.69) is 26.7 Å². The van der Waals surface area contributed by atoms with Crippen LogP contribution >= 0.6 is 0 Å². The maximum atomic E-state index is 12.5. The van der Waals surface area contributed by atoms with Gasteiger partial charge in [-0.05, 0) is 71.1 Å². The van der Waals surface area contributed by atoms with E-state index >= 15 is 0 Å². The molecule has 0 aromatic heterocycles. The van der Waals surface area contributed by atoms with Gasteiger partial charge >= 0.3 is 23.9 Å². The first-order chi connectivity index (χ1) is 18.3. The average Bonchev–Trinajstić information content (AvgIpc) is 2.87. The second-order valence-electron chi connectivity index (χ2n) is 10.5. The number of carbonyl (C=O) groups excluding carboxylic acids is 3. The summed E-state index contributed by atoms with van der Waals surface area (Å²) in [6.45, 7) is 17.1. The quantitative estimate of drug-likeness (QED) is 0.0727. The molecule has 0 aliphatic carbocycles. The van der Waals surface area contributed by atoms with Gasteiger partial charge in [-0.15, -0.1) is 0 Å². The van der Waals surface area contributed by atoms with Gasteiger partial charge < -0.3 is 29.5 Å². The maximum absolute atomic E-state index is 12.5. The molecule has 39 heavy (non-hydrogen) atoms. The minimum absolute atomic E-state index is 0.0253. The summed E-state index contributed by atoms with van der Waals surface area (Å²) < 4.78 is 15.7. The van der Waals surface area contributed by atoms with Crippen molar-refractivity contribution < 1.29 is 43.9 Å². The van der Waals surface area contributed by atoms with E-state index < -0.39 is 30.0 Å². The highest BCUT2D eigenvalue weighted by atomic mass is 16.9. The standard InChI is InChI=1S/C30H50O9/c1-8-29(17-11-9-13-20-31,18-12-10-14-21-32)19-15-16-25(37-26(33)22(2)3)30(36,38-27(34)23(4)5)39-28(35)24(6)7/h25,31-32,36H,2,4,6,8-21H2,1,3,5,7H3. The van der Waals surface area contributed by atoms with Crippen LogP contribution in [0.1, 0.15) is 105 Å². The number of ether oxygens (including phenoxy) is 3. The number of aliphatic hydroxyl groups excluding tert-OH is 2. The third-order valence-corrected chi connectivity index (χ3v) is 6.83. The van der Waals surface area contributed by atoms with Gasteiger partial charge in [-0.1, -0.05) is 58.8 Å². The first-order valence-corrected chi connectivity index (χ1v) is 13.9. The van der Waals surface area contributed by atoms with Crippen LogP contribution in [0.5, 0.6) is 0 Å². The molecule has 9 nitrogen and oxygen atoms in total. The van der Waals surface area contributed by atoms with E-state index in [1.807, 2.05) is 0 Å². The summed E-state index contributed by atoms with van der Waals surface area (Å²) in [5.41, 5.74) is -0.106. The summed E-state index contributed by atoms with van der Waals surface area (Å²) >= 11 is 0. The Morgan fingerprint density at radius 2 is 1.10 bits per heavy atom. The second-order valence-corrected chi connectivity index (χ2v) is 10.5. The number of rotatable bonds is 22. The van der Waals surface area contributed by atoms with Crippen LogP contribution in [0.25, 0.3) is 0 Å². The summed E-state index contributed by atoms with van der Waals surface area (Å²) in [5, 5.41) is 29.6. The number of esters is 3. The second kappa shape index (κ2) is 18.7. The van der Waals surface area contributed by atoms with E-state index in [0.717, 1.165) is 57.8 Å². The van der Waals surface area contributed by atoms with E-state index in [0.29, 0.717) is 12.8 Å². The van der Waals surface area contributed by atoms with Crippen LogP contribution in [0.3, 0.4) is 0 Å². The lowest BCUT2D eigenvalue weighted by molar-refractivity contribution is -0.359. The van der Waals surface area contributed by atoms with Crippen molar-refractivity contribution in [2.75, 3.05) is 13.2 Å². The van der Waals surface area contributed by atoms with Gasteiger partial charge in [-0.2, -0.15) is 0 Å². The molecule has 0 spiro atoms. The molecule has 0 aliphatic heterocycles. The molecule has 1 unspecified atom stereocenters. The zero-order valence-electron chi connectivity index (χ0n) is 24.4. The van der Waals surface area contributed by atoms with E-state index in [9.17, 15) is 19.5 Å². The molecular formula is C30H50O9. The molecule has 0 amide bonds. The Labute approximate surface area is 233 Å². The Hall–Kier alpha value is -2.49. The molecule has 0 saturated carbocycles. The predicted molar refractivity (Wildman–Crippen MR) is 149 cm³/mol. The highest BCUT2D eigenvalue weighted by molar-refractivity contribution is 5.89. The molecule has 0 heterocycles. The number of carbonyl (C=O) groups is 3. The first-order valence-electron chi connectivity index (χ1n) is 13.9. The molecule has 224 valence electrons. The van der Waals surface area contributed by atoms with Crippen molar-refractivity contribution in [3.8, 4) is 0 Å². The first kappa shape index (κ1) is 36.5. The molecule has 1 atom stereocenters. The molecule has 9 heteroatoms. The van der Waals surface area contributed by atoms with Gasteiger partial charge in [-0.25, -0.2) is 14.4 Å². The van der Waals surface area contributed by atoms with Crippen LogP contribution < -0.4 is 0 Å². The Balaban J connectivity index is 6.02. The van der Waals surface area contributed by atoms with Gasteiger partial charge in [0.2, 0.25) is 6.10 Å². The zero-order valence-corrected chi connectivity index (χ0v) is 24.4. The van der Waals surface area contributed by atoms with Crippen LogP contribution in [-0.2, 0) is 28.6 Å². The summed E-state index contributed by atoms with van der Waals surface area (Å²) in [5.74, 6) is -5.81. The van der Waals surface area contributed by atoms with Crippen molar-refractivity contribution in [3.63, 3.8) is 0 Å². The fourth-order valence-electron chi connectivity index (χ4n) is 4.28. The molecule has 3 N–H and O–H groups in total. The minimum Gasteiger partial charge on any atom is -0.448 e. The highest BCUT2D eigenvalue weighted by Gasteiger charge is 2.48. The largest absolute Gasteiger partial charge is 0.448 e. The molecule has 0 fully saturated rings. The van der Waals surface area contributed by atoms with E-state index in [4.69, 9.17) is 24.4 Å². The summed E-state index contributed by atoms with van der Waals surface area (Å²) in [4.78, 5) is 37.2. The highest BCUT2D eigenvalue weighted by Crippen LogP contribution is 2.41. The smallest absolute Gasteiger partial charge is 0.413 e. The van der Waals surface area contributed by atoms with Crippen molar-refractivity contribution >= 4 is 17.9 Å². The van der Waals surface area contributed by atoms with Crippen LogP contribution in [0.15, 0.2) is 36.5 Å². The van der Waals surface area contributed by atoms with Crippen molar-refractivity contribution in [3.05, 3.63) is 36.5 Å². The van der Waals surface area contributed by atoms with E-state index in [1.54, 1.807) is 0 Å². The van der Waals surface area contributed by atoms with Crippen molar-refractivity contribution in [1.29, 1.82) is 0 Å². The molecule has 0 rings (SSSR count). The van der Waals surface area contributed by atoms with Gasteiger partial charge in [-0.3, -0.25) is 0 Å². The number of aliphatic hydroxyl groups is 3.